The van der Waals surface area contributed by atoms with Crippen molar-refractivity contribution in [3.8, 4) is 0 Å². The average molecular weight is 325 g/mol. The molecule has 0 N–H and O–H groups in total. The van der Waals surface area contributed by atoms with E-state index in [2.05, 4.69) is 84.0 Å². The van der Waals surface area contributed by atoms with E-state index < -0.39 is 0 Å². The first-order chi connectivity index (χ1) is 11.4. The van der Waals surface area contributed by atoms with Gasteiger partial charge in [-0.3, -0.25) is 0 Å². The quantitative estimate of drug-likeness (QED) is 0.462. The maximum Gasteiger partial charge on any atom is -0.00969 e. The maximum absolute atomic E-state index is 2.51. The standard InChI is InChI=1S/C24H36/c1-7-23(5,8-2)18-22(24(6,9-3)10-4)21-17-13-15-19-14-11-12-16-20(19)21/h11-17,22H,7-10,18H2,1-6H3. The van der Waals surface area contributed by atoms with Crippen LogP contribution in [0.4, 0.5) is 0 Å². The fourth-order valence-corrected chi connectivity index (χ4v) is 4.06. The molecule has 0 bridgehead atoms. The maximum atomic E-state index is 2.51. The summed E-state index contributed by atoms with van der Waals surface area (Å²) in [4.78, 5) is 0. The molecule has 24 heavy (non-hydrogen) atoms. The van der Waals surface area contributed by atoms with Crippen LogP contribution in [-0.2, 0) is 0 Å². The molecule has 0 amide bonds. The largest absolute Gasteiger partial charge is 0.0649 e. The van der Waals surface area contributed by atoms with E-state index in [9.17, 15) is 0 Å². The summed E-state index contributed by atoms with van der Waals surface area (Å²) < 4.78 is 0. The minimum Gasteiger partial charge on any atom is -0.0649 e. The van der Waals surface area contributed by atoms with Gasteiger partial charge in [-0.2, -0.15) is 0 Å². The van der Waals surface area contributed by atoms with E-state index in [1.165, 1.54) is 42.9 Å². The first-order valence-electron chi connectivity index (χ1n) is 9.90. The van der Waals surface area contributed by atoms with Gasteiger partial charge in [-0.25, -0.2) is 0 Å². The van der Waals surface area contributed by atoms with Crippen LogP contribution in [0.2, 0.25) is 0 Å². The molecule has 0 aliphatic heterocycles. The Kier molecular flexibility index (Phi) is 6.12. The van der Waals surface area contributed by atoms with Gasteiger partial charge in [0.05, 0.1) is 0 Å². The van der Waals surface area contributed by atoms with Crippen LogP contribution in [0.25, 0.3) is 10.8 Å². The lowest BCUT2D eigenvalue weighted by molar-refractivity contribution is 0.150. The number of rotatable bonds is 8. The van der Waals surface area contributed by atoms with Crippen molar-refractivity contribution in [1.82, 2.24) is 0 Å². The molecule has 0 saturated heterocycles. The van der Waals surface area contributed by atoms with Crippen LogP contribution < -0.4 is 0 Å². The van der Waals surface area contributed by atoms with Crippen LogP contribution >= 0.6 is 0 Å². The van der Waals surface area contributed by atoms with E-state index in [1.807, 2.05) is 0 Å². The summed E-state index contributed by atoms with van der Waals surface area (Å²) in [6.07, 6.45) is 6.27. The lowest BCUT2D eigenvalue weighted by Gasteiger charge is -2.42. The summed E-state index contributed by atoms with van der Waals surface area (Å²) in [5.41, 5.74) is 2.34. The topological polar surface area (TPSA) is 0 Å². The van der Waals surface area contributed by atoms with Crippen LogP contribution in [0.3, 0.4) is 0 Å². The second-order valence-electron chi connectivity index (χ2n) is 8.20. The molecule has 1 atom stereocenters. The van der Waals surface area contributed by atoms with Gasteiger partial charge in [0, 0.05) is 0 Å². The monoisotopic (exact) mass is 324 g/mol. The Morgan fingerprint density at radius 2 is 1.33 bits per heavy atom. The van der Waals surface area contributed by atoms with Crippen molar-refractivity contribution in [1.29, 1.82) is 0 Å². The van der Waals surface area contributed by atoms with E-state index in [1.54, 1.807) is 5.56 Å². The van der Waals surface area contributed by atoms with Gasteiger partial charge in [0.25, 0.3) is 0 Å². The minimum atomic E-state index is 0.357. The first-order valence-corrected chi connectivity index (χ1v) is 9.90. The Labute approximate surface area is 149 Å². The van der Waals surface area contributed by atoms with Crippen molar-refractivity contribution in [3.63, 3.8) is 0 Å². The van der Waals surface area contributed by atoms with Crippen LogP contribution in [-0.4, -0.2) is 0 Å². The molecule has 2 aromatic rings. The van der Waals surface area contributed by atoms with Crippen LogP contribution in [0, 0.1) is 10.8 Å². The molecular weight excluding hydrogens is 288 g/mol. The number of hydrogen-bond acceptors (Lipinski definition) is 0. The molecular formula is C24H36. The first kappa shape index (κ1) is 19.0. The average Bonchev–Trinajstić information content (AvgIpc) is 2.65. The van der Waals surface area contributed by atoms with Gasteiger partial charge < -0.3 is 0 Å². The lowest BCUT2D eigenvalue weighted by atomic mass is 9.62. The number of hydrogen-bond donors (Lipinski definition) is 0. The molecule has 0 heterocycles. The SMILES string of the molecule is CCC(C)(CC)CC(c1cccc2ccccc12)C(C)(CC)CC. The molecule has 2 aromatic carbocycles. The minimum absolute atomic E-state index is 0.357. The van der Waals surface area contributed by atoms with Gasteiger partial charge in [-0.05, 0) is 39.5 Å². The Bertz CT molecular complexity index is 639. The normalized spacial score (nSPS) is 14.1. The highest BCUT2D eigenvalue weighted by Crippen LogP contribution is 2.50. The third-order valence-corrected chi connectivity index (χ3v) is 7.06. The molecule has 1 unspecified atom stereocenters. The van der Waals surface area contributed by atoms with Crippen molar-refractivity contribution in [3.05, 3.63) is 48.0 Å². The van der Waals surface area contributed by atoms with Crippen molar-refractivity contribution in [2.75, 3.05) is 0 Å². The highest BCUT2D eigenvalue weighted by Gasteiger charge is 2.37. The van der Waals surface area contributed by atoms with Crippen molar-refractivity contribution < 1.29 is 0 Å². The molecule has 0 spiro atoms. The van der Waals surface area contributed by atoms with Gasteiger partial charge in [0.2, 0.25) is 0 Å². The van der Waals surface area contributed by atoms with Gasteiger partial charge >= 0.3 is 0 Å². The Hall–Kier alpha value is -1.30. The molecule has 0 heteroatoms. The summed E-state index contributed by atoms with van der Waals surface area (Å²) in [6.45, 7) is 14.5. The predicted molar refractivity (Wildman–Crippen MR) is 109 cm³/mol. The smallest absolute Gasteiger partial charge is 0.00969 e. The van der Waals surface area contributed by atoms with E-state index in [4.69, 9.17) is 0 Å². The molecule has 2 rings (SSSR count). The van der Waals surface area contributed by atoms with Crippen LogP contribution in [0.1, 0.15) is 85.1 Å². The fraction of sp³-hybridized carbons (Fsp3) is 0.583. The lowest BCUT2D eigenvalue weighted by Crippen LogP contribution is -2.30. The Balaban J connectivity index is 2.60. The third kappa shape index (κ3) is 3.68. The number of benzene rings is 2. The van der Waals surface area contributed by atoms with E-state index in [0.717, 1.165) is 0 Å². The van der Waals surface area contributed by atoms with Crippen molar-refractivity contribution >= 4 is 10.8 Å². The van der Waals surface area contributed by atoms with Crippen molar-refractivity contribution in [2.45, 2.75) is 79.6 Å². The van der Waals surface area contributed by atoms with Crippen LogP contribution in [0.15, 0.2) is 42.5 Å². The summed E-state index contributed by atoms with van der Waals surface area (Å²) in [7, 11) is 0. The van der Waals surface area contributed by atoms with Gasteiger partial charge in [-0.15, -0.1) is 0 Å². The Morgan fingerprint density at radius 1 is 0.750 bits per heavy atom. The van der Waals surface area contributed by atoms with Gasteiger partial charge in [0.15, 0.2) is 0 Å². The summed E-state index contributed by atoms with van der Waals surface area (Å²) in [5.74, 6) is 0.614. The molecule has 0 aromatic heterocycles. The third-order valence-electron chi connectivity index (χ3n) is 7.06. The van der Waals surface area contributed by atoms with Crippen molar-refractivity contribution in [2.24, 2.45) is 10.8 Å². The molecule has 0 fully saturated rings. The molecule has 0 aliphatic rings. The second-order valence-corrected chi connectivity index (χ2v) is 8.20. The number of fused-ring (bicyclic) bond motifs is 1. The predicted octanol–water partition coefficient (Wildman–Crippen LogP) is 7.97. The highest BCUT2D eigenvalue weighted by molar-refractivity contribution is 5.86. The summed E-state index contributed by atoms with van der Waals surface area (Å²) in [5, 5.41) is 2.83. The fourth-order valence-electron chi connectivity index (χ4n) is 4.06. The summed E-state index contributed by atoms with van der Waals surface area (Å²) in [6, 6.07) is 15.8. The van der Waals surface area contributed by atoms with Gasteiger partial charge in [0.1, 0.15) is 0 Å². The zero-order valence-corrected chi connectivity index (χ0v) is 16.7. The van der Waals surface area contributed by atoms with E-state index in [-0.39, 0.29) is 0 Å². The van der Waals surface area contributed by atoms with Crippen LogP contribution in [0.5, 0.6) is 0 Å². The molecule has 0 radical (unpaired) electrons. The highest BCUT2D eigenvalue weighted by atomic mass is 14.4. The van der Waals surface area contributed by atoms with E-state index >= 15 is 0 Å². The van der Waals surface area contributed by atoms with Gasteiger partial charge in [-0.1, -0.05) is 110 Å². The summed E-state index contributed by atoms with van der Waals surface area (Å²) >= 11 is 0. The molecule has 0 nitrogen and oxygen atoms in total. The zero-order valence-electron chi connectivity index (χ0n) is 16.7. The molecule has 0 aliphatic carbocycles. The zero-order chi connectivity index (χ0) is 17.8. The molecule has 132 valence electrons. The Morgan fingerprint density at radius 3 is 1.92 bits per heavy atom. The second kappa shape index (κ2) is 7.72. The molecule has 0 saturated carbocycles. The van der Waals surface area contributed by atoms with E-state index in [0.29, 0.717) is 16.7 Å².